The summed E-state index contributed by atoms with van der Waals surface area (Å²) in [7, 11) is -5.03. The van der Waals surface area contributed by atoms with Gasteiger partial charge in [-0.25, -0.2) is 34.0 Å². The predicted octanol–water partition coefficient (Wildman–Crippen LogP) is 4.21. The second-order valence-corrected chi connectivity index (χ2v) is 15.8. The SMILES string of the molecule is CCCC[N+](CCCC)(CCCC)CCCC.CCCONC(=O)[C@@H]1CC[C@@H]2CN1C(=O)N2O.CCCONC(=O)[C@@H]1CC[C@@H]2CN1C(=O)N2OS(=O)(=O)[O-]. The number of nitrogens with one attached hydrogen (secondary N) is 2. The fraction of sp³-hybridized carbons (Fsp3) is 0.889. The molecular weight excluding hydrogens is 739 g/mol. The summed E-state index contributed by atoms with van der Waals surface area (Å²) < 4.78 is 37.4. The van der Waals surface area contributed by atoms with Crippen LogP contribution >= 0.6 is 0 Å². The minimum absolute atomic E-state index is 0.125. The van der Waals surface area contributed by atoms with E-state index in [1.54, 1.807) is 0 Å². The van der Waals surface area contributed by atoms with Gasteiger partial charge in [0.25, 0.3) is 11.8 Å². The number of quaternary nitrogens is 1. The number of nitrogens with zero attached hydrogens (tertiary/aromatic N) is 5. The lowest BCUT2D eigenvalue weighted by Crippen LogP contribution is -2.50. The minimum atomic E-state index is -5.03. The van der Waals surface area contributed by atoms with Crippen molar-refractivity contribution < 1.29 is 55.8 Å². The van der Waals surface area contributed by atoms with Gasteiger partial charge < -0.3 is 18.8 Å². The van der Waals surface area contributed by atoms with Gasteiger partial charge in [-0.2, -0.15) is 9.35 Å². The summed E-state index contributed by atoms with van der Waals surface area (Å²) in [6.45, 7) is 20.1. The lowest BCUT2D eigenvalue weighted by atomic mass is 10.0. The van der Waals surface area contributed by atoms with Crippen LogP contribution in [-0.2, 0) is 33.9 Å². The van der Waals surface area contributed by atoms with Crippen molar-refractivity contribution in [1.82, 2.24) is 30.9 Å². The Bertz CT molecular complexity index is 1260. The van der Waals surface area contributed by atoms with Gasteiger partial charge in [0.2, 0.25) is 10.4 Å². The summed E-state index contributed by atoms with van der Waals surface area (Å²) in [6.07, 6.45) is 14.4. The molecule has 55 heavy (non-hydrogen) atoms. The maximum atomic E-state index is 12.0. The molecule has 4 aliphatic heterocycles. The lowest BCUT2D eigenvalue weighted by molar-refractivity contribution is -0.929. The fourth-order valence-electron chi connectivity index (χ4n) is 7.25. The molecule has 0 aromatic carbocycles. The van der Waals surface area contributed by atoms with Gasteiger partial charge in [0.1, 0.15) is 12.1 Å². The largest absolute Gasteiger partial charge is 0.724 e. The zero-order chi connectivity index (χ0) is 41.0. The molecule has 4 atom stereocenters. The minimum Gasteiger partial charge on any atom is -0.724 e. The quantitative estimate of drug-likeness (QED) is 0.0352. The molecular formula is C36H69N7O11S. The van der Waals surface area contributed by atoms with Crippen molar-refractivity contribution in [3.8, 4) is 0 Å². The number of unbranched alkanes of at least 4 members (excludes halogenated alkanes) is 4. The van der Waals surface area contributed by atoms with Crippen molar-refractivity contribution in [2.45, 2.75) is 156 Å². The summed E-state index contributed by atoms with van der Waals surface area (Å²) in [5, 5.41) is 10.7. The maximum Gasteiger partial charge on any atom is 0.346 e. The molecule has 4 heterocycles. The van der Waals surface area contributed by atoms with Gasteiger partial charge in [0, 0.05) is 13.1 Å². The average Bonchev–Trinajstić information content (AvgIpc) is 3.52. The molecule has 4 rings (SSSR count). The summed E-state index contributed by atoms with van der Waals surface area (Å²) in [5.41, 5.74) is 4.59. The molecule has 0 saturated carbocycles. The van der Waals surface area contributed by atoms with Crippen LogP contribution in [0.5, 0.6) is 0 Å². The number of carbonyl (C=O) groups is 4. The zero-order valence-corrected chi connectivity index (χ0v) is 34.9. The second kappa shape index (κ2) is 24.7. The van der Waals surface area contributed by atoms with Crippen LogP contribution in [0.3, 0.4) is 0 Å². The second-order valence-electron chi connectivity index (χ2n) is 14.8. The van der Waals surface area contributed by atoms with Crippen LogP contribution in [0.25, 0.3) is 0 Å². The van der Waals surface area contributed by atoms with Gasteiger partial charge in [-0.3, -0.25) is 24.5 Å². The van der Waals surface area contributed by atoms with Crippen LogP contribution in [0, 0.1) is 0 Å². The predicted molar refractivity (Wildman–Crippen MR) is 202 cm³/mol. The monoisotopic (exact) mass is 807 g/mol. The van der Waals surface area contributed by atoms with E-state index in [9.17, 15) is 37.4 Å². The Morgan fingerprint density at radius 1 is 0.691 bits per heavy atom. The van der Waals surface area contributed by atoms with Crippen LogP contribution in [0.4, 0.5) is 9.59 Å². The van der Waals surface area contributed by atoms with Gasteiger partial charge in [0.05, 0.1) is 51.5 Å². The Morgan fingerprint density at radius 3 is 1.49 bits per heavy atom. The zero-order valence-electron chi connectivity index (χ0n) is 34.0. The Labute approximate surface area is 328 Å². The van der Waals surface area contributed by atoms with Crippen LogP contribution in [0.15, 0.2) is 0 Å². The van der Waals surface area contributed by atoms with E-state index in [1.165, 1.54) is 91.8 Å². The van der Waals surface area contributed by atoms with Crippen molar-refractivity contribution in [3.63, 3.8) is 0 Å². The van der Waals surface area contributed by atoms with E-state index >= 15 is 0 Å². The third-order valence-corrected chi connectivity index (χ3v) is 10.7. The molecule has 0 aromatic heterocycles. The van der Waals surface area contributed by atoms with E-state index < -0.39 is 46.5 Å². The van der Waals surface area contributed by atoms with Crippen LogP contribution in [-0.4, -0.2) is 143 Å². The molecule has 0 radical (unpaired) electrons. The van der Waals surface area contributed by atoms with Gasteiger partial charge in [-0.05, 0) is 64.2 Å². The first-order valence-electron chi connectivity index (χ1n) is 20.4. The van der Waals surface area contributed by atoms with Crippen molar-refractivity contribution >= 4 is 34.3 Å². The first-order chi connectivity index (χ1) is 26.2. The highest BCUT2D eigenvalue weighted by molar-refractivity contribution is 7.80. The van der Waals surface area contributed by atoms with E-state index in [1.807, 2.05) is 13.8 Å². The van der Waals surface area contributed by atoms with E-state index in [0.717, 1.165) is 17.9 Å². The number of rotatable bonds is 22. The third kappa shape index (κ3) is 15.2. The van der Waals surface area contributed by atoms with Crippen molar-refractivity contribution in [2.75, 3.05) is 52.5 Å². The molecule has 18 nitrogen and oxygen atoms in total. The van der Waals surface area contributed by atoms with E-state index in [2.05, 4.69) is 42.9 Å². The number of urea groups is 2. The summed E-state index contributed by atoms with van der Waals surface area (Å²) in [6, 6.07) is -3.35. The van der Waals surface area contributed by atoms with E-state index in [-0.39, 0.29) is 18.5 Å². The Balaban J connectivity index is 0.000000288. The van der Waals surface area contributed by atoms with Crippen molar-refractivity contribution in [1.29, 1.82) is 0 Å². The van der Waals surface area contributed by atoms with Gasteiger partial charge in [0.15, 0.2) is 0 Å². The molecule has 6 amide bonds. The highest BCUT2D eigenvalue weighted by Crippen LogP contribution is 2.31. The maximum absolute atomic E-state index is 12.0. The summed E-state index contributed by atoms with van der Waals surface area (Å²) in [5.74, 6) is -0.803. The number of hydrogen-bond acceptors (Lipinski definition) is 11. The first-order valence-corrected chi connectivity index (χ1v) is 21.8. The van der Waals surface area contributed by atoms with Gasteiger partial charge in [-0.15, -0.1) is 0 Å². The van der Waals surface area contributed by atoms with Crippen molar-refractivity contribution in [2.24, 2.45) is 0 Å². The van der Waals surface area contributed by atoms with Gasteiger partial charge in [-0.1, -0.05) is 67.2 Å². The molecule has 0 aromatic rings. The number of hydrogen-bond donors (Lipinski definition) is 3. The number of carbonyl (C=O) groups excluding carboxylic acids is 4. The topological polar surface area (TPSA) is 210 Å². The number of piperidine rings is 2. The Morgan fingerprint density at radius 2 is 1.09 bits per heavy atom. The molecule has 4 aliphatic rings. The Hall–Kier alpha value is -2.81. The molecule has 4 bridgehead atoms. The average molecular weight is 808 g/mol. The first kappa shape index (κ1) is 48.3. The highest BCUT2D eigenvalue weighted by atomic mass is 32.3. The number of hydroxylamine groups is 6. The molecule has 0 unspecified atom stereocenters. The molecule has 0 spiro atoms. The summed E-state index contributed by atoms with van der Waals surface area (Å²) in [4.78, 5) is 59.8. The molecule has 19 heteroatoms. The molecule has 3 N–H and O–H groups in total. The van der Waals surface area contributed by atoms with E-state index in [0.29, 0.717) is 50.5 Å². The van der Waals surface area contributed by atoms with Crippen LogP contribution in [0.2, 0.25) is 0 Å². The standard InChI is InChI=1S/C16H36N.C10H17N3O7S.C10H17N3O4/c1-5-9-13-17(14-10-6-2,15-11-7-3)16-12-8-4;1-2-5-19-11-9(14)8-4-3-7-6-12(8)10(15)13(7)20-21(16,17)18;1-2-5-17-11-9(14)8-4-3-7-6-12(8)10(15)13(7)16/h5-16H2,1-4H3;7-8H,2-6H2,1H3,(H,11,14)(H,16,17,18);7-8,16H,2-6H2,1H3,(H,11,14)/q+1;;/p-1/t;2*7-,8+/m.11/s1. The van der Waals surface area contributed by atoms with Crippen molar-refractivity contribution in [3.05, 3.63) is 0 Å². The van der Waals surface area contributed by atoms with E-state index in [4.69, 9.17) is 9.68 Å². The molecule has 4 fully saturated rings. The molecule has 320 valence electrons. The fourth-order valence-corrected chi connectivity index (χ4v) is 7.64. The normalized spacial score (nSPS) is 21.9. The number of amides is 6. The highest BCUT2D eigenvalue weighted by Gasteiger charge is 2.49. The lowest BCUT2D eigenvalue weighted by Gasteiger charge is -2.39. The third-order valence-electron chi connectivity index (χ3n) is 10.3. The number of fused-ring (bicyclic) bond motifs is 4. The van der Waals surface area contributed by atoms with Crippen LogP contribution in [0.1, 0.15) is 131 Å². The molecule has 0 aliphatic carbocycles. The van der Waals surface area contributed by atoms with Crippen LogP contribution < -0.4 is 11.0 Å². The Kier molecular flexibility index (Phi) is 21.7. The molecule has 4 saturated heterocycles. The van der Waals surface area contributed by atoms with Gasteiger partial charge >= 0.3 is 12.1 Å². The smallest absolute Gasteiger partial charge is 0.346 e. The summed E-state index contributed by atoms with van der Waals surface area (Å²) >= 11 is 0.